The van der Waals surface area contributed by atoms with Gasteiger partial charge in [-0.1, -0.05) is 19.8 Å². The Bertz CT molecular complexity index is 156. The van der Waals surface area contributed by atoms with Crippen LogP contribution in [-0.4, -0.2) is 26.8 Å². The SMILES string of the molecule is CCCCCS(=O)CCC(=O)O. The molecule has 0 aromatic rings. The number of aliphatic carboxylic acids is 1. The molecule has 4 heteroatoms. The highest BCUT2D eigenvalue weighted by molar-refractivity contribution is 7.84. The molecule has 0 aromatic carbocycles. The summed E-state index contributed by atoms with van der Waals surface area (Å²) >= 11 is 0. The molecule has 3 nitrogen and oxygen atoms in total. The molecule has 1 unspecified atom stereocenters. The normalized spacial score (nSPS) is 12.8. The monoisotopic (exact) mass is 192 g/mol. The molecule has 0 saturated carbocycles. The fourth-order valence-electron chi connectivity index (χ4n) is 0.816. The molecule has 0 saturated heterocycles. The molecular formula is C8H16O3S. The van der Waals surface area contributed by atoms with Crippen LogP contribution in [0.2, 0.25) is 0 Å². The van der Waals surface area contributed by atoms with E-state index in [9.17, 15) is 9.00 Å². The van der Waals surface area contributed by atoms with Crippen LogP contribution < -0.4 is 0 Å². The van der Waals surface area contributed by atoms with Crippen LogP contribution in [0.3, 0.4) is 0 Å². The number of carboxylic acid groups (broad SMARTS) is 1. The molecule has 0 aliphatic carbocycles. The van der Waals surface area contributed by atoms with E-state index >= 15 is 0 Å². The van der Waals surface area contributed by atoms with Gasteiger partial charge in [-0.05, 0) is 6.42 Å². The lowest BCUT2D eigenvalue weighted by molar-refractivity contribution is -0.136. The second kappa shape index (κ2) is 7.28. The van der Waals surface area contributed by atoms with E-state index in [1.54, 1.807) is 0 Å². The van der Waals surface area contributed by atoms with Crippen LogP contribution in [0.1, 0.15) is 32.6 Å². The van der Waals surface area contributed by atoms with Crippen LogP contribution in [0.4, 0.5) is 0 Å². The van der Waals surface area contributed by atoms with Crippen LogP contribution in [0, 0.1) is 0 Å². The summed E-state index contributed by atoms with van der Waals surface area (Å²) in [6.45, 7) is 2.08. The first-order valence-corrected chi connectivity index (χ1v) is 5.72. The van der Waals surface area contributed by atoms with Crippen molar-refractivity contribution in [2.24, 2.45) is 0 Å². The van der Waals surface area contributed by atoms with E-state index in [1.165, 1.54) is 0 Å². The van der Waals surface area contributed by atoms with Gasteiger partial charge in [-0.15, -0.1) is 0 Å². The summed E-state index contributed by atoms with van der Waals surface area (Å²) in [5.74, 6) is 0.0963. The molecule has 12 heavy (non-hydrogen) atoms. The molecule has 1 atom stereocenters. The van der Waals surface area contributed by atoms with Crippen LogP contribution in [0.15, 0.2) is 0 Å². The quantitative estimate of drug-likeness (QED) is 0.620. The average Bonchev–Trinajstić information content (AvgIpc) is 2.01. The number of unbranched alkanes of at least 4 members (excludes halogenated alkanes) is 2. The van der Waals surface area contributed by atoms with Gasteiger partial charge >= 0.3 is 5.97 Å². The van der Waals surface area contributed by atoms with Crippen molar-refractivity contribution in [1.82, 2.24) is 0 Å². The van der Waals surface area contributed by atoms with Gasteiger partial charge in [0.2, 0.25) is 0 Å². The molecule has 0 spiro atoms. The third-order valence-electron chi connectivity index (χ3n) is 1.52. The fourth-order valence-corrected chi connectivity index (χ4v) is 1.95. The standard InChI is InChI=1S/C8H16O3S/c1-2-3-4-6-12(11)7-5-8(9)10/h2-7H2,1H3,(H,9,10). The maximum atomic E-state index is 11.1. The topological polar surface area (TPSA) is 54.4 Å². The highest BCUT2D eigenvalue weighted by Crippen LogP contribution is 1.97. The van der Waals surface area contributed by atoms with Crippen LogP contribution in [-0.2, 0) is 15.6 Å². The Morgan fingerprint density at radius 1 is 1.33 bits per heavy atom. The molecule has 1 N–H and O–H groups in total. The third kappa shape index (κ3) is 7.72. The van der Waals surface area contributed by atoms with Crippen molar-refractivity contribution in [3.63, 3.8) is 0 Å². The second-order valence-electron chi connectivity index (χ2n) is 2.70. The van der Waals surface area contributed by atoms with E-state index in [2.05, 4.69) is 6.92 Å². The van der Waals surface area contributed by atoms with Crippen molar-refractivity contribution >= 4 is 16.8 Å². The predicted octanol–water partition coefficient (Wildman–Crippen LogP) is 1.40. The smallest absolute Gasteiger partial charge is 0.304 e. The summed E-state index contributed by atoms with van der Waals surface area (Å²) in [7, 11) is -0.923. The number of hydrogen-bond acceptors (Lipinski definition) is 2. The lowest BCUT2D eigenvalue weighted by Crippen LogP contribution is -2.07. The molecule has 0 bridgehead atoms. The Hall–Kier alpha value is -0.380. The zero-order chi connectivity index (χ0) is 9.40. The van der Waals surface area contributed by atoms with Gasteiger partial charge in [0.15, 0.2) is 0 Å². The van der Waals surface area contributed by atoms with Crippen LogP contribution in [0.5, 0.6) is 0 Å². The van der Waals surface area contributed by atoms with E-state index in [1.807, 2.05) is 0 Å². The van der Waals surface area contributed by atoms with Gasteiger partial charge in [-0.25, -0.2) is 0 Å². The highest BCUT2D eigenvalue weighted by atomic mass is 32.2. The van der Waals surface area contributed by atoms with Crippen molar-refractivity contribution in [2.75, 3.05) is 11.5 Å². The van der Waals surface area contributed by atoms with E-state index < -0.39 is 16.8 Å². The second-order valence-corrected chi connectivity index (χ2v) is 4.40. The summed E-state index contributed by atoms with van der Waals surface area (Å²) in [5.41, 5.74) is 0. The Morgan fingerprint density at radius 2 is 2.00 bits per heavy atom. The summed E-state index contributed by atoms with van der Waals surface area (Å²) in [6, 6.07) is 0. The number of rotatable bonds is 7. The zero-order valence-electron chi connectivity index (χ0n) is 7.41. The molecule has 0 aliphatic heterocycles. The molecule has 0 fully saturated rings. The van der Waals surface area contributed by atoms with E-state index in [0.717, 1.165) is 19.3 Å². The molecule has 0 aliphatic rings. The Morgan fingerprint density at radius 3 is 2.50 bits per heavy atom. The van der Waals surface area contributed by atoms with Crippen molar-refractivity contribution in [3.05, 3.63) is 0 Å². The van der Waals surface area contributed by atoms with E-state index in [-0.39, 0.29) is 6.42 Å². The minimum atomic E-state index is -0.923. The van der Waals surface area contributed by atoms with Crippen LogP contribution >= 0.6 is 0 Å². The van der Waals surface area contributed by atoms with Crippen molar-refractivity contribution in [3.8, 4) is 0 Å². The Kier molecular flexibility index (Phi) is 7.05. The first-order valence-electron chi connectivity index (χ1n) is 4.23. The summed E-state index contributed by atoms with van der Waals surface area (Å²) in [5, 5.41) is 8.30. The highest BCUT2D eigenvalue weighted by Gasteiger charge is 2.02. The Balaban J connectivity index is 3.28. The minimum absolute atomic E-state index is 0.0265. The number of carbonyl (C=O) groups is 1. The summed E-state index contributed by atoms with van der Waals surface area (Å²) < 4.78 is 11.1. The predicted molar refractivity (Wildman–Crippen MR) is 49.7 cm³/mol. The zero-order valence-corrected chi connectivity index (χ0v) is 8.23. The van der Waals surface area contributed by atoms with E-state index in [0.29, 0.717) is 11.5 Å². The lowest BCUT2D eigenvalue weighted by Gasteiger charge is -1.98. The van der Waals surface area contributed by atoms with Gasteiger partial charge in [0.1, 0.15) is 0 Å². The van der Waals surface area contributed by atoms with Gasteiger partial charge < -0.3 is 5.11 Å². The van der Waals surface area contributed by atoms with E-state index in [4.69, 9.17) is 5.11 Å². The molecule has 0 aromatic heterocycles. The lowest BCUT2D eigenvalue weighted by atomic mass is 10.3. The van der Waals surface area contributed by atoms with Gasteiger partial charge in [-0.3, -0.25) is 9.00 Å². The molecule has 72 valence electrons. The fraction of sp³-hybridized carbons (Fsp3) is 0.875. The summed E-state index contributed by atoms with van der Waals surface area (Å²) in [4.78, 5) is 10.1. The van der Waals surface area contributed by atoms with Crippen LogP contribution in [0.25, 0.3) is 0 Å². The van der Waals surface area contributed by atoms with Crippen molar-refractivity contribution < 1.29 is 14.1 Å². The van der Waals surface area contributed by atoms with Gasteiger partial charge in [0.25, 0.3) is 0 Å². The summed E-state index contributed by atoms with van der Waals surface area (Å²) in [6.07, 6.45) is 3.16. The van der Waals surface area contributed by atoms with Gasteiger partial charge in [0, 0.05) is 22.3 Å². The first kappa shape index (κ1) is 11.6. The average molecular weight is 192 g/mol. The largest absolute Gasteiger partial charge is 0.481 e. The maximum Gasteiger partial charge on any atom is 0.304 e. The van der Waals surface area contributed by atoms with Crippen molar-refractivity contribution in [1.29, 1.82) is 0 Å². The third-order valence-corrected chi connectivity index (χ3v) is 2.92. The van der Waals surface area contributed by atoms with Gasteiger partial charge in [0.05, 0.1) is 6.42 Å². The van der Waals surface area contributed by atoms with Gasteiger partial charge in [-0.2, -0.15) is 0 Å². The molecule has 0 radical (unpaired) electrons. The van der Waals surface area contributed by atoms with Crippen molar-refractivity contribution in [2.45, 2.75) is 32.6 Å². The number of hydrogen-bond donors (Lipinski definition) is 1. The molecule has 0 heterocycles. The molecular weight excluding hydrogens is 176 g/mol. The maximum absolute atomic E-state index is 11.1. The minimum Gasteiger partial charge on any atom is -0.481 e. The molecule has 0 amide bonds. The molecule has 0 rings (SSSR count). The first-order chi connectivity index (χ1) is 5.66. The Labute approximate surface area is 75.6 Å². The number of carboxylic acids is 1.